The minimum Gasteiger partial charge on any atom is -0.377 e. The highest BCUT2D eigenvalue weighted by atomic mass is 32.2. The van der Waals surface area contributed by atoms with Gasteiger partial charge in [-0.2, -0.15) is 11.8 Å². The van der Waals surface area contributed by atoms with Crippen LogP contribution in [-0.2, 0) is 4.74 Å². The zero-order chi connectivity index (χ0) is 13.7. The van der Waals surface area contributed by atoms with E-state index in [2.05, 4.69) is 62.1 Å². The molecule has 0 spiro atoms. The minimum atomic E-state index is 0.407. The standard InChI is InChI=1S/C16H25NOS/c1-4-17-15(14-7-5-6-12(2)10-14)11-19-16-8-9-18-13(16)3/h5-7,10,13,15-17H,4,8-9,11H2,1-3H3. The molecule has 0 aliphatic carbocycles. The van der Waals surface area contributed by atoms with Crippen LogP contribution in [0.2, 0.25) is 0 Å². The van der Waals surface area contributed by atoms with Crippen molar-refractivity contribution >= 4 is 11.8 Å². The summed E-state index contributed by atoms with van der Waals surface area (Å²) in [5, 5.41) is 4.26. The number of hydrogen-bond acceptors (Lipinski definition) is 3. The van der Waals surface area contributed by atoms with Gasteiger partial charge in [-0.1, -0.05) is 36.8 Å². The molecule has 1 aliphatic rings. The molecule has 2 rings (SSSR count). The Bertz CT molecular complexity index is 396. The van der Waals surface area contributed by atoms with Crippen molar-refractivity contribution in [1.82, 2.24) is 5.32 Å². The van der Waals surface area contributed by atoms with Crippen LogP contribution in [0.3, 0.4) is 0 Å². The van der Waals surface area contributed by atoms with E-state index < -0.39 is 0 Å². The fourth-order valence-corrected chi connectivity index (χ4v) is 3.92. The summed E-state index contributed by atoms with van der Waals surface area (Å²) < 4.78 is 5.64. The highest BCUT2D eigenvalue weighted by Crippen LogP contribution is 2.29. The molecule has 0 radical (unpaired) electrons. The smallest absolute Gasteiger partial charge is 0.0666 e. The number of rotatable bonds is 6. The Morgan fingerprint density at radius 3 is 2.95 bits per heavy atom. The topological polar surface area (TPSA) is 21.3 Å². The number of benzene rings is 1. The second-order valence-electron chi connectivity index (χ2n) is 5.26. The van der Waals surface area contributed by atoms with E-state index in [9.17, 15) is 0 Å². The van der Waals surface area contributed by atoms with Crippen LogP contribution in [0.4, 0.5) is 0 Å². The number of aryl methyl sites for hydroxylation is 1. The molecule has 1 aliphatic heterocycles. The second kappa shape index (κ2) is 7.32. The molecule has 3 heteroatoms. The van der Waals surface area contributed by atoms with E-state index in [0.29, 0.717) is 17.4 Å². The van der Waals surface area contributed by atoms with Crippen molar-refractivity contribution in [3.63, 3.8) is 0 Å². The van der Waals surface area contributed by atoms with Crippen molar-refractivity contribution in [1.29, 1.82) is 0 Å². The first-order valence-corrected chi connectivity index (χ1v) is 8.28. The van der Waals surface area contributed by atoms with Gasteiger partial charge in [-0.25, -0.2) is 0 Å². The van der Waals surface area contributed by atoms with E-state index in [1.807, 2.05) is 0 Å². The average Bonchev–Trinajstić information content (AvgIpc) is 2.80. The van der Waals surface area contributed by atoms with Crippen LogP contribution in [0, 0.1) is 6.92 Å². The largest absolute Gasteiger partial charge is 0.377 e. The van der Waals surface area contributed by atoms with Crippen molar-refractivity contribution in [3.8, 4) is 0 Å². The normalized spacial score (nSPS) is 24.6. The third kappa shape index (κ3) is 4.23. The van der Waals surface area contributed by atoms with Crippen LogP contribution in [0.25, 0.3) is 0 Å². The van der Waals surface area contributed by atoms with Gasteiger partial charge in [-0.05, 0) is 32.4 Å². The maximum atomic E-state index is 5.64. The van der Waals surface area contributed by atoms with Crippen LogP contribution >= 0.6 is 11.8 Å². The molecule has 1 saturated heterocycles. The van der Waals surface area contributed by atoms with Crippen LogP contribution in [0.5, 0.6) is 0 Å². The molecular formula is C16H25NOS. The monoisotopic (exact) mass is 279 g/mol. The van der Waals surface area contributed by atoms with Crippen molar-refractivity contribution in [3.05, 3.63) is 35.4 Å². The van der Waals surface area contributed by atoms with Gasteiger partial charge in [-0.15, -0.1) is 0 Å². The lowest BCUT2D eigenvalue weighted by Crippen LogP contribution is -2.25. The molecule has 106 valence electrons. The molecule has 1 aromatic rings. The number of thioether (sulfide) groups is 1. The van der Waals surface area contributed by atoms with E-state index >= 15 is 0 Å². The Kier molecular flexibility index (Phi) is 5.74. The SMILES string of the molecule is CCNC(CSC1CCOC1C)c1cccc(C)c1. The Balaban J connectivity index is 1.96. The first-order valence-electron chi connectivity index (χ1n) is 7.24. The lowest BCUT2D eigenvalue weighted by molar-refractivity contribution is 0.127. The highest BCUT2D eigenvalue weighted by Gasteiger charge is 2.25. The predicted octanol–water partition coefficient (Wildman–Crippen LogP) is 3.56. The van der Waals surface area contributed by atoms with Gasteiger partial charge >= 0.3 is 0 Å². The molecule has 1 aromatic carbocycles. The van der Waals surface area contributed by atoms with Crippen molar-refractivity contribution in [2.75, 3.05) is 18.9 Å². The molecule has 1 fully saturated rings. The summed E-state index contributed by atoms with van der Waals surface area (Å²) in [4.78, 5) is 0. The number of hydrogen-bond donors (Lipinski definition) is 1. The van der Waals surface area contributed by atoms with Crippen LogP contribution < -0.4 is 5.32 Å². The number of ether oxygens (including phenoxy) is 1. The van der Waals surface area contributed by atoms with E-state index in [4.69, 9.17) is 4.74 Å². The summed E-state index contributed by atoms with van der Waals surface area (Å²) in [5.74, 6) is 1.12. The van der Waals surface area contributed by atoms with Crippen LogP contribution in [0.15, 0.2) is 24.3 Å². The molecule has 0 saturated carbocycles. The first-order chi connectivity index (χ1) is 9.20. The average molecular weight is 279 g/mol. The summed E-state index contributed by atoms with van der Waals surface area (Å²) in [7, 11) is 0. The fraction of sp³-hybridized carbons (Fsp3) is 0.625. The van der Waals surface area contributed by atoms with Gasteiger partial charge in [0.15, 0.2) is 0 Å². The maximum Gasteiger partial charge on any atom is 0.0666 e. The third-order valence-electron chi connectivity index (χ3n) is 3.68. The highest BCUT2D eigenvalue weighted by molar-refractivity contribution is 8.00. The summed E-state index contributed by atoms with van der Waals surface area (Å²) in [6.45, 7) is 8.46. The summed E-state index contributed by atoms with van der Waals surface area (Å²) in [6.07, 6.45) is 1.60. The lowest BCUT2D eigenvalue weighted by Gasteiger charge is -2.21. The van der Waals surface area contributed by atoms with E-state index in [-0.39, 0.29) is 0 Å². The van der Waals surface area contributed by atoms with Gasteiger partial charge in [0.2, 0.25) is 0 Å². The molecule has 3 unspecified atom stereocenters. The molecule has 0 aromatic heterocycles. The Labute approximate surface area is 121 Å². The van der Waals surface area contributed by atoms with Crippen LogP contribution in [0.1, 0.15) is 37.4 Å². The van der Waals surface area contributed by atoms with Gasteiger partial charge in [0.05, 0.1) is 6.10 Å². The lowest BCUT2D eigenvalue weighted by atomic mass is 10.1. The third-order valence-corrected chi connectivity index (χ3v) is 5.25. The molecule has 1 heterocycles. The van der Waals surface area contributed by atoms with Gasteiger partial charge < -0.3 is 10.1 Å². The number of nitrogens with one attached hydrogen (secondary N) is 1. The predicted molar refractivity (Wildman–Crippen MR) is 83.9 cm³/mol. The quantitative estimate of drug-likeness (QED) is 0.860. The van der Waals surface area contributed by atoms with Crippen LogP contribution in [-0.4, -0.2) is 30.3 Å². The molecule has 0 bridgehead atoms. The summed E-state index contributed by atoms with van der Waals surface area (Å²) >= 11 is 2.05. The van der Waals surface area contributed by atoms with Crippen molar-refractivity contribution in [2.45, 2.75) is 44.6 Å². The Hall–Kier alpha value is -0.510. The Morgan fingerprint density at radius 1 is 1.47 bits per heavy atom. The molecule has 3 atom stereocenters. The van der Waals surface area contributed by atoms with Gasteiger partial charge in [0.25, 0.3) is 0 Å². The van der Waals surface area contributed by atoms with Crippen molar-refractivity contribution in [2.24, 2.45) is 0 Å². The molecular weight excluding hydrogens is 254 g/mol. The maximum absolute atomic E-state index is 5.64. The molecule has 19 heavy (non-hydrogen) atoms. The van der Waals surface area contributed by atoms with Crippen molar-refractivity contribution < 1.29 is 4.74 Å². The summed E-state index contributed by atoms with van der Waals surface area (Å²) in [6, 6.07) is 9.29. The van der Waals surface area contributed by atoms with Gasteiger partial charge in [-0.3, -0.25) is 0 Å². The molecule has 1 N–H and O–H groups in total. The fourth-order valence-electron chi connectivity index (χ4n) is 2.56. The first kappa shape index (κ1) is 14.9. The zero-order valence-electron chi connectivity index (χ0n) is 12.2. The Morgan fingerprint density at radius 2 is 2.32 bits per heavy atom. The van der Waals surface area contributed by atoms with E-state index in [0.717, 1.165) is 18.9 Å². The molecule has 2 nitrogen and oxygen atoms in total. The second-order valence-corrected chi connectivity index (χ2v) is 6.53. The van der Waals surface area contributed by atoms with E-state index in [1.54, 1.807) is 0 Å². The zero-order valence-corrected chi connectivity index (χ0v) is 13.0. The minimum absolute atomic E-state index is 0.407. The van der Waals surface area contributed by atoms with E-state index in [1.165, 1.54) is 17.5 Å². The van der Waals surface area contributed by atoms with Gasteiger partial charge in [0, 0.05) is 23.7 Å². The summed E-state index contributed by atoms with van der Waals surface area (Å²) in [5.41, 5.74) is 2.74. The van der Waals surface area contributed by atoms with Gasteiger partial charge in [0.1, 0.15) is 0 Å². The molecule has 0 amide bonds.